The summed E-state index contributed by atoms with van der Waals surface area (Å²) in [5.41, 5.74) is 6.97. The van der Waals surface area contributed by atoms with Crippen molar-refractivity contribution < 1.29 is 4.79 Å². The van der Waals surface area contributed by atoms with Crippen LogP contribution in [0.4, 0.5) is 0 Å². The average molecular weight is 259 g/mol. The first kappa shape index (κ1) is 12.6. The number of rotatable bonds is 3. The molecule has 1 aromatic carbocycles. The van der Waals surface area contributed by atoms with Crippen LogP contribution in [-0.2, 0) is 4.79 Å². The number of piperazine rings is 1. The highest BCUT2D eigenvalue weighted by atomic mass is 16.2. The zero-order chi connectivity index (χ0) is 13.2. The summed E-state index contributed by atoms with van der Waals surface area (Å²) >= 11 is 0. The molecule has 1 heterocycles. The van der Waals surface area contributed by atoms with Gasteiger partial charge in [-0.05, 0) is 18.4 Å². The number of hydrogen-bond acceptors (Lipinski definition) is 3. The van der Waals surface area contributed by atoms with Crippen molar-refractivity contribution >= 4 is 5.91 Å². The largest absolute Gasteiger partial charge is 0.338 e. The molecule has 1 aromatic rings. The summed E-state index contributed by atoms with van der Waals surface area (Å²) in [7, 11) is 0. The van der Waals surface area contributed by atoms with Crippen LogP contribution in [0.2, 0.25) is 0 Å². The molecule has 0 unspecified atom stereocenters. The lowest BCUT2D eigenvalue weighted by Gasteiger charge is -2.36. The summed E-state index contributed by atoms with van der Waals surface area (Å²) in [4.78, 5) is 16.8. The van der Waals surface area contributed by atoms with Gasteiger partial charge < -0.3 is 10.6 Å². The quantitative estimate of drug-likeness (QED) is 0.881. The number of nitrogens with zero attached hydrogens (tertiary/aromatic N) is 2. The number of carbonyl (C=O) groups is 1. The van der Waals surface area contributed by atoms with Crippen molar-refractivity contribution in [2.45, 2.75) is 24.9 Å². The van der Waals surface area contributed by atoms with Gasteiger partial charge in [0.05, 0.1) is 0 Å². The first-order valence-electron chi connectivity index (χ1n) is 7.09. The van der Waals surface area contributed by atoms with Gasteiger partial charge in [0.2, 0.25) is 5.91 Å². The first-order chi connectivity index (χ1) is 9.25. The monoisotopic (exact) mass is 259 g/mol. The van der Waals surface area contributed by atoms with E-state index in [1.165, 1.54) is 12.8 Å². The Bertz CT molecular complexity index is 436. The fraction of sp³-hybridized carbons (Fsp3) is 0.533. The van der Waals surface area contributed by atoms with Crippen molar-refractivity contribution in [2.24, 2.45) is 5.73 Å². The van der Waals surface area contributed by atoms with Gasteiger partial charge in [0.15, 0.2) is 0 Å². The maximum atomic E-state index is 12.4. The Morgan fingerprint density at radius 2 is 1.74 bits per heavy atom. The molecule has 1 saturated carbocycles. The van der Waals surface area contributed by atoms with Gasteiger partial charge in [-0.1, -0.05) is 30.3 Å². The molecule has 1 aliphatic heterocycles. The predicted octanol–water partition coefficient (Wildman–Crippen LogP) is 0.993. The number of carbonyl (C=O) groups excluding carboxylic acids is 1. The van der Waals surface area contributed by atoms with Crippen molar-refractivity contribution in [2.75, 3.05) is 26.2 Å². The third kappa shape index (κ3) is 2.80. The van der Waals surface area contributed by atoms with Crippen LogP contribution in [0.3, 0.4) is 0 Å². The molecule has 1 aliphatic carbocycles. The van der Waals surface area contributed by atoms with Crippen molar-refractivity contribution in [1.29, 1.82) is 0 Å². The van der Waals surface area contributed by atoms with Crippen LogP contribution in [0.15, 0.2) is 30.3 Å². The molecule has 2 N–H and O–H groups in total. The van der Waals surface area contributed by atoms with Crippen molar-refractivity contribution in [3.05, 3.63) is 35.9 Å². The summed E-state index contributed by atoms with van der Waals surface area (Å²) in [5.74, 6) is 0.0571. The van der Waals surface area contributed by atoms with E-state index in [0.717, 1.165) is 37.8 Å². The summed E-state index contributed by atoms with van der Waals surface area (Å²) < 4.78 is 0. The van der Waals surface area contributed by atoms with E-state index in [1.54, 1.807) is 0 Å². The maximum absolute atomic E-state index is 12.4. The van der Waals surface area contributed by atoms with E-state index in [0.29, 0.717) is 0 Å². The molecule has 3 rings (SSSR count). The lowest BCUT2D eigenvalue weighted by molar-refractivity contribution is -0.134. The minimum absolute atomic E-state index is 0.0571. The molecule has 1 atom stereocenters. The Morgan fingerprint density at radius 3 is 2.32 bits per heavy atom. The van der Waals surface area contributed by atoms with Crippen LogP contribution < -0.4 is 5.73 Å². The molecule has 19 heavy (non-hydrogen) atoms. The fourth-order valence-corrected chi connectivity index (χ4v) is 2.75. The second-order valence-electron chi connectivity index (χ2n) is 5.48. The van der Waals surface area contributed by atoms with Gasteiger partial charge in [0.1, 0.15) is 6.04 Å². The Balaban J connectivity index is 1.58. The zero-order valence-electron chi connectivity index (χ0n) is 11.2. The fourth-order valence-electron chi connectivity index (χ4n) is 2.75. The smallest absolute Gasteiger partial charge is 0.244 e. The molecule has 4 nitrogen and oxygen atoms in total. The molecule has 0 aromatic heterocycles. The molecular weight excluding hydrogens is 238 g/mol. The Hall–Kier alpha value is -1.39. The van der Waals surface area contributed by atoms with Crippen LogP contribution in [0.25, 0.3) is 0 Å². The molecule has 4 heteroatoms. The highest BCUT2D eigenvalue weighted by Gasteiger charge is 2.33. The van der Waals surface area contributed by atoms with E-state index in [4.69, 9.17) is 5.73 Å². The van der Waals surface area contributed by atoms with Crippen molar-refractivity contribution in [3.8, 4) is 0 Å². The van der Waals surface area contributed by atoms with E-state index in [2.05, 4.69) is 4.90 Å². The van der Waals surface area contributed by atoms with Gasteiger partial charge in [-0.25, -0.2) is 0 Å². The summed E-state index contributed by atoms with van der Waals surface area (Å²) in [5, 5.41) is 0. The van der Waals surface area contributed by atoms with E-state index < -0.39 is 6.04 Å². The topological polar surface area (TPSA) is 49.6 Å². The molecule has 1 saturated heterocycles. The minimum atomic E-state index is -0.520. The second kappa shape index (κ2) is 5.31. The minimum Gasteiger partial charge on any atom is -0.338 e. The Kier molecular flexibility index (Phi) is 3.53. The van der Waals surface area contributed by atoms with Gasteiger partial charge >= 0.3 is 0 Å². The Morgan fingerprint density at radius 1 is 1.11 bits per heavy atom. The van der Waals surface area contributed by atoms with Gasteiger partial charge in [0.25, 0.3) is 0 Å². The normalized spacial score (nSPS) is 22.3. The van der Waals surface area contributed by atoms with Gasteiger partial charge in [0, 0.05) is 32.2 Å². The van der Waals surface area contributed by atoms with Gasteiger partial charge in [-0.2, -0.15) is 0 Å². The molecule has 0 bridgehead atoms. The summed E-state index contributed by atoms with van der Waals surface area (Å²) in [6.45, 7) is 3.63. The first-order valence-corrected chi connectivity index (χ1v) is 7.09. The van der Waals surface area contributed by atoms with Gasteiger partial charge in [-0.3, -0.25) is 9.69 Å². The van der Waals surface area contributed by atoms with E-state index >= 15 is 0 Å². The third-order valence-corrected chi connectivity index (χ3v) is 4.11. The number of hydrogen-bond donors (Lipinski definition) is 1. The van der Waals surface area contributed by atoms with Crippen molar-refractivity contribution in [3.63, 3.8) is 0 Å². The summed E-state index contributed by atoms with van der Waals surface area (Å²) in [6.07, 6.45) is 2.66. The van der Waals surface area contributed by atoms with Crippen LogP contribution in [0, 0.1) is 0 Å². The SMILES string of the molecule is N[C@@H](C(=O)N1CCN(C2CC2)CC1)c1ccccc1. The van der Waals surface area contributed by atoms with E-state index in [-0.39, 0.29) is 5.91 Å². The summed E-state index contributed by atoms with van der Waals surface area (Å²) in [6, 6.07) is 9.90. The number of amides is 1. The molecule has 102 valence electrons. The molecule has 2 aliphatic rings. The Labute approximate surface area is 114 Å². The highest BCUT2D eigenvalue weighted by Crippen LogP contribution is 2.27. The maximum Gasteiger partial charge on any atom is 0.244 e. The predicted molar refractivity (Wildman–Crippen MR) is 74.5 cm³/mol. The number of benzene rings is 1. The molecule has 0 radical (unpaired) electrons. The van der Waals surface area contributed by atoms with E-state index in [9.17, 15) is 4.79 Å². The van der Waals surface area contributed by atoms with Crippen LogP contribution in [0.1, 0.15) is 24.4 Å². The zero-order valence-corrected chi connectivity index (χ0v) is 11.2. The lowest BCUT2D eigenvalue weighted by Crippen LogP contribution is -2.51. The number of nitrogens with two attached hydrogens (primary N) is 1. The van der Waals surface area contributed by atoms with E-state index in [1.807, 2.05) is 35.2 Å². The molecule has 0 spiro atoms. The van der Waals surface area contributed by atoms with Crippen LogP contribution in [-0.4, -0.2) is 47.9 Å². The van der Waals surface area contributed by atoms with Crippen LogP contribution in [0.5, 0.6) is 0 Å². The third-order valence-electron chi connectivity index (χ3n) is 4.11. The standard InChI is InChI=1S/C15H21N3O/c16-14(12-4-2-1-3-5-12)15(19)18-10-8-17(9-11-18)13-6-7-13/h1-5,13-14H,6-11,16H2/t14-/m1/s1. The van der Waals surface area contributed by atoms with Crippen LogP contribution >= 0.6 is 0 Å². The van der Waals surface area contributed by atoms with Gasteiger partial charge in [-0.15, -0.1) is 0 Å². The van der Waals surface area contributed by atoms with Crippen molar-refractivity contribution in [1.82, 2.24) is 9.80 Å². The molecule has 1 amide bonds. The average Bonchev–Trinajstić information content (AvgIpc) is 3.31. The lowest BCUT2D eigenvalue weighted by atomic mass is 10.1. The molecular formula is C15H21N3O. The second-order valence-corrected chi connectivity index (χ2v) is 5.48. The molecule has 2 fully saturated rings. The highest BCUT2D eigenvalue weighted by molar-refractivity contribution is 5.83.